The minimum atomic E-state index is -0.525. The van der Waals surface area contributed by atoms with Crippen molar-refractivity contribution in [3.05, 3.63) is 34.9 Å². The quantitative estimate of drug-likeness (QED) is 0.769. The van der Waals surface area contributed by atoms with Crippen LogP contribution in [0.5, 0.6) is 0 Å². The molecule has 0 aromatic heterocycles. The fourth-order valence-corrected chi connectivity index (χ4v) is 5.70. The van der Waals surface area contributed by atoms with Gasteiger partial charge in [-0.2, -0.15) is 0 Å². The van der Waals surface area contributed by atoms with Crippen LogP contribution < -0.4 is 0 Å². The second-order valence-electron chi connectivity index (χ2n) is 7.91. The van der Waals surface area contributed by atoms with Gasteiger partial charge < -0.3 is 10.2 Å². The Balaban J connectivity index is 1.71. The highest BCUT2D eigenvalue weighted by molar-refractivity contribution is 5.37. The average Bonchev–Trinajstić information content (AvgIpc) is 2.70. The van der Waals surface area contributed by atoms with Crippen LogP contribution >= 0.6 is 0 Å². The fourth-order valence-electron chi connectivity index (χ4n) is 5.70. The molecule has 0 amide bonds. The van der Waals surface area contributed by atoms with E-state index in [2.05, 4.69) is 32.0 Å². The van der Waals surface area contributed by atoms with E-state index in [1.165, 1.54) is 12.0 Å². The summed E-state index contributed by atoms with van der Waals surface area (Å²) in [4.78, 5) is 0. The molecule has 1 aromatic rings. The Morgan fingerprint density at radius 3 is 2.81 bits per heavy atom. The van der Waals surface area contributed by atoms with E-state index in [0.717, 1.165) is 25.7 Å². The summed E-state index contributed by atoms with van der Waals surface area (Å²) < 4.78 is 0. The number of benzene rings is 1. The fraction of sp³-hybridized carbons (Fsp3) is 0.684. The van der Waals surface area contributed by atoms with Gasteiger partial charge in [-0.15, -0.1) is 0 Å². The molecule has 0 saturated heterocycles. The lowest BCUT2D eigenvalue weighted by atomic mass is 9.55. The lowest BCUT2D eigenvalue weighted by molar-refractivity contribution is -0.0505. The maximum Gasteiger partial charge on any atom is 0.0855 e. The molecule has 3 aliphatic rings. The molecular weight excluding hydrogens is 260 g/mol. The largest absolute Gasteiger partial charge is 0.390 e. The van der Waals surface area contributed by atoms with Crippen molar-refractivity contribution in [2.75, 3.05) is 0 Å². The molecule has 2 heteroatoms. The first-order valence-corrected chi connectivity index (χ1v) is 8.46. The zero-order valence-electron chi connectivity index (χ0n) is 13.0. The van der Waals surface area contributed by atoms with Crippen molar-refractivity contribution in [1.29, 1.82) is 0 Å². The molecule has 0 bridgehead atoms. The predicted molar refractivity (Wildman–Crippen MR) is 83.2 cm³/mol. The van der Waals surface area contributed by atoms with Crippen molar-refractivity contribution in [2.45, 2.75) is 64.1 Å². The topological polar surface area (TPSA) is 40.5 Å². The van der Waals surface area contributed by atoms with Gasteiger partial charge in [-0.1, -0.05) is 30.7 Å². The molecular formula is C19H26O2. The Kier molecular flexibility index (Phi) is 3.00. The highest BCUT2D eigenvalue weighted by atomic mass is 16.3. The number of aryl methyl sites for hydroxylation is 2. The van der Waals surface area contributed by atoms with Gasteiger partial charge in [0.1, 0.15) is 0 Å². The molecule has 21 heavy (non-hydrogen) atoms. The zero-order chi connectivity index (χ0) is 14.8. The lowest BCUT2D eigenvalue weighted by Gasteiger charge is -2.49. The minimum absolute atomic E-state index is 0.0667. The molecule has 2 nitrogen and oxygen atoms in total. The van der Waals surface area contributed by atoms with Crippen molar-refractivity contribution < 1.29 is 10.2 Å². The van der Waals surface area contributed by atoms with E-state index < -0.39 is 12.2 Å². The summed E-state index contributed by atoms with van der Waals surface area (Å²) in [6.45, 7) is 4.38. The number of rotatable bonds is 0. The summed E-state index contributed by atoms with van der Waals surface area (Å²) in [7, 11) is 0. The van der Waals surface area contributed by atoms with Gasteiger partial charge in [0.25, 0.3) is 0 Å². The van der Waals surface area contributed by atoms with Gasteiger partial charge >= 0.3 is 0 Å². The van der Waals surface area contributed by atoms with Crippen molar-refractivity contribution in [3.8, 4) is 0 Å². The monoisotopic (exact) mass is 286 g/mol. The van der Waals surface area contributed by atoms with Gasteiger partial charge in [0.05, 0.1) is 12.2 Å². The van der Waals surface area contributed by atoms with Crippen molar-refractivity contribution in [3.63, 3.8) is 0 Å². The van der Waals surface area contributed by atoms with Crippen LogP contribution in [0.15, 0.2) is 18.2 Å². The molecule has 1 aromatic carbocycles. The van der Waals surface area contributed by atoms with E-state index >= 15 is 0 Å². The maximum atomic E-state index is 10.4. The molecule has 0 aliphatic heterocycles. The number of aliphatic hydroxyl groups excluding tert-OH is 2. The van der Waals surface area contributed by atoms with Gasteiger partial charge in [-0.05, 0) is 73.3 Å². The van der Waals surface area contributed by atoms with E-state index in [1.54, 1.807) is 11.1 Å². The Hall–Kier alpha value is -0.860. The normalized spacial score (nSPS) is 44.9. The van der Waals surface area contributed by atoms with Crippen molar-refractivity contribution in [1.82, 2.24) is 0 Å². The predicted octanol–water partition coefficient (Wildman–Crippen LogP) is 3.18. The number of hydrogen-bond donors (Lipinski definition) is 2. The molecule has 0 radical (unpaired) electrons. The first-order chi connectivity index (χ1) is 10.0. The third kappa shape index (κ3) is 1.85. The third-order valence-electron chi connectivity index (χ3n) is 6.86. The van der Waals surface area contributed by atoms with Crippen LogP contribution in [0.1, 0.15) is 55.2 Å². The Labute approximate surface area is 127 Å². The van der Waals surface area contributed by atoms with Crippen LogP contribution in [0.3, 0.4) is 0 Å². The minimum Gasteiger partial charge on any atom is -0.390 e. The molecule has 2 saturated carbocycles. The van der Waals surface area contributed by atoms with Crippen LogP contribution in [-0.4, -0.2) is 22.4 Å². The van der Waals surface area contributed by atoms with Gasteiger partial charge in [-0.3, -0.25) is 0 Å². The van der Waals surface area contributed by atoms with E-state index in [9.17, 15) is 10.2 Å². The number of fused-ring (bicyclic) bond motifs is 5. The number of hydrogen-bond acceptors (Lipinski definition) is 2. The molecule has 114 valence electrons. The van der Waals surface area contributed by atoms with Gasteiger partial charge in [0.2, 0.25) is 0 Å². The third-order valence-corrected chi connectivity index (χ3v) is 6.86. The zero-order valence-corrected chi connectivity index (χ0v) is 13.0. The molecule has 3 unspecified atom stereocenters. The highest BCUT2D eigenvalue weighted by Crippen LogP contribution is 2.60. The van der Waals surface area contributed by atoms with Crippen LogP contribution in [0.25, 0.3) is 0 Å². The van der Waals surface area contributed by atoms with Gasteiger partial charge in [0.15, 0.2) is 0 Å². The summed E-state index contributed by atoms with van der Waals surface area (Å²) in [5.41, 5.74) is 4.39. The summed E-state index contributed by atoms with van der Waals surface area (Å²) in [6.07, 6.45) is 4.35. The summed E-state index contributed by atoms with van der Waals surface area (Å²) >= 11 is 0. The van der Waals surface area contributed by atoms with Crippen molar-refractivity contribution in [2.24, 2.45) is 17.3 Å². The summed E-state index contributed by atoms with van der Waals surface area (Å²) in [5.74, 6) is 1.77. The lowest BCUT2D eigenvalue weighted by Crippen LogP contribution is -2.44. The first-order valence-electron chi connectivity index (χ1n) is 8.46. The molecule has 3 aliphatic carbocycles. The second kappa shape index (κ2) is 4.57. The van der Waals surface area contributed by atoms with E-state index in [4.69, 9.17) is 0 Å². The molecule has 2 N–H and O–H groups in total. The van der Waals surface area contributed by atoms with Crippen LogP contribution in [0.4, 0.5) is 0 Å². The molecule has 4 rings (SSSR count). The summed E-state index contributed by atoms with van der Waals surface area (Å²) in [5, 5.41) is 20.6. The smallest absolute Gasteiger partial charge is 0.0855 e. The van der Waals surface area contributed by atoms with Crippen LogP contribution in [0.2, 0.25) is 0 Å². The molecule has 6 atom stereocenters. The van der Waals surface area contributed by atoms with Crippen LogP contribution in [-0.2, 0) is 6.42 Å². The average molecular weight is 286 g/mol. The number of aliphatic hydroxyl groups is 2. The second-order valence-corrected chi connectivity index (χ2v) is 7.91. The molecule has 2 fully saturated rings. The molecule has 0 spiro atoms. The van der Waals surface area contributed by atoms with E-state index in [1.807, 2.05) is 0 Å². The van der Waals surface area contributed by atoms with E-state index in [-0.39, 0.29) is 5.41 Å². The molecule has 0 heterocycles. The highest BCUT2D eigenvalue weighted by Gasteiger charge is 2.57. The van der Waals surface area contributed by atoms with Gasteiger partial charge in [-0.25, -0.2) is 0 Å². The van der Waals surface area contributed by atoms with E-state index in [0.29, 0.717) is 17.8 Å². The Morgan fingerprint density at radius 2 is 2.00 bits per heavy atom. The van der Waals surface area contributed by atoms with Gasteiger partial charge in [0, 0.05) is 0 Å². The SMILES string of the molecule is Cc1ccc2c(c1)CCC1C2CC[C@@]2(C)C1C[C@@H](O)[C@@H]2O. The van der Waals surface area contributed by atoms with Crippen LogP contribution in [0, 0.1) is 24.2 Å². The Morgan fingerprint density at radius 1 is 1.19 bits per heavy atom. The van der Waals surface area contributed by atoms with Crippen molar-refractivity contribution >= 4 is 0 Å². The standard InChI is InChI=1S/C19H26O2/c1-11-3-5-13-12(9-11)4-6-15-14(13)7-8-19(2)16(15)10-17(20)18(19)21/h3,5,9,14-18,20-21H,4,6-8,10H2,1-2H3/t14?,15?,16?,17-,18+,19+/m1/s1. The maximum absolute atomic E-state index is 10.4. The Bertz CT molecular complexity index is 567. The first kappa shape index (κ1) is 13.8. The summed E-state index contributed by atoms with van der Waals surface area (Å²) in [6, 6.07) is 6.94.